The van der Waals surface area contributed by atoms with Gasteiger partial charge in [0.15, 0.2) is 0 Å². The van der Waals surface area contributed by atoms with Gasteiger partial charge >= 0.3 is 0 Å². The number of nitrogens with zero attached hydrogens (tertiary/aromatic N) is 2. The van der Waals surface area contributed by atoms with Crippen LogP contribution in [0.25, 0.3) is 0 Å². The number of carbonyl (C=O) groups is 1. The maximum atomic E-state index is 12.9. The summed E-state index contributed by atoms with van der Waals surface area (Å²) in [5.41, 5.74) is 3.47. The number of likely N-dealkylation sites (tertiary alicyclic amines) is 1. The molecule has 4 heteroatoms. The van der Waals surface area contributed by atoms with Crippen molar-refractivity contribution < 1.29 is 9.63 Å². The molecule has 0 bridgehead atoms. The van der Waals surface area contributed by atoms with Gasteiger partial charge in [0.2, 0.25) is 6.10 Å². The molecular formula is C22H24N2O2. The molecule has 0 aliphatic carbocycles. The fourth-order valence-electron chi connectivity index (χ4n) is 3.87. The average Bonchev–Trinajstić information content (AvgIpc) is 3.17. The predicted octanol–water partition coefficient (Wildman–Crippen LogP) is 3.78. The van der Waals surface area contributed by atoms with Crippen molar-refractivity contribution in [2.24, 2.45) is 5.16 Å². The van der Waals surface area contributed by atoms with E-state index in [9.17, 15) is 4.79 Å². The molecule has 0 saturated carbocycles. The van der Waals surface area contributed by atoms with Crippen LogP contribution in [0.4, 0.5) is 0 Å². The normalized spacial score (nSPS) is 22.6. The third-order valence-corrected chi connectivity index (χ3v) is 5.26. The zero-order chi connectivity index (χ0) is 17.8. The lowest BCUT2D eigenvalue weighted by Crippen LogP contribution is -2.44. The summed E-state index contributed by atoms with van der Waals surface area (Å²) in [5.74, 6) is 0.498. The summed E-state index contributed by atoms with van der Waals surface area (Å²) in [4.78, 5) is 20.4. The number of amides is 1. The van der Waals surface area contributed by atoms with Crippen LogP contribution in [0.3, 0.4) is 0 Å². The average molecular weight is 348 g/mol. The van der Waals surface area contributed by atoms with Gasteiger partial charge in [-0.25, -0.2) is 0 Å². The van der Waals surface area contributed by atoms with Crippen LogP contribution in [0.5, 0.6) is 0 Å². The Kier molecular flexibility index (Phi) is 5.00. The summed E-state index contributed by atoms with van der Waals surface area (Å²) in [6.45, 7) is 1.59. The number of benzene rings is 2. The highest BCUT2D eigenvalue weighted by Gasteiger charge is 2.34. The van der Waals surface area contributed by atoms with E-state index in [0.29, 0.717) is 12.3 Å². The number of rotatable bonds is 4. The minimum absolute atomic E-state index is 0.0810. The molecule has 0 N–H and O–H groups in total. The molecule has 26 heavy (non-hydrogen) atoms. The zero-order valence-electron chi connectivity index (χ0n) is 14.9. The molecule has 2 aliphatic heterocycles. The quantitative estimate of drug-likeness (QED) is 0.844. The molecule has 0 radical (unpaired) electrons. The van der Waals surface area contributed by atoms with E-state index >= 15 is 0 Å². The lowest BCUT2D eigenvalue weighted by atomic mass is 9.90. The van der Waals surface area contributed by atoms with Crippen LogP contribution < -0.4 is 0 Å². The summed E-state index contributed by atoms with van der Waals surface area (Å²) in [7, 11) is 0. The standard InChI is InChI=1S/C22H24N2O2/c25-22(21-15-20(23-26-21)14-17-8-3-1-4-9-17)24-13-7-12-19(16-24)18-10-5-2-6-11-18/h1-6,8-11,19,21H,7,12-16H2/t19-,21-/m0/s1. The van der Waals surface area contributed by atoms with Crippen LogP contribution >= 0.6 is 0 Å². The molecule has 0 aromatic heterocycles. The van der Waals surface area contributed by atoms with E-state index in [1.807, 2.05) is 29.2 Å². The molecule has 1 saturated heterocycles. The van der Waals surface area contributed by atoms with Gasteiger partial charge in [-0.15, -0.1) is 0 Å². The van der Waals surface area contributed by atoms with E-state index in [4.69, 9.17) is 4.84 Å². The van der Waals surface area contributed by atoms with Gasteiger partial charge in [-0.05, 0) is 24.0 Å². The maximum Gasteiger partial charge on any atom is 0.266 e. The highest BCUT2D eigenvalue weighted by molar-refractivity contribution is 5.94. The van der Waals surface area contributed by atoms with Gasteiger partial charge in [0.05, 0.1) is 5.71 Å². The smallest absolute Gasteiger partial charge is 0.266 e. The van der Waals surface area contributed by atoms with E-state index < -0.39 is 6.10 Å². The Morgan fingerprint density at radius 2 is 1.81 bits per heavy atom. The number of hydrogen-bond donors (Lipinski definition) is 0. The van der Waals surface area contributed by atoms with E-state index in [1.165, 1.54) is 11.1 Å². The molecule has 2 aromatic carbocycles. The minimum atomic E-state index is -0.455. The topological polar surface area (TPSA) is 41.9 Å². The molecule has 1 fully saturated rings. The van der Waals surface area contributed by atoms with Gasteiger partial charge in [0.1, 0.15) is 0 Å². The molecule has 4 rings (SSSR count). The molecule has 2 heterocycles. The fourth-order valence-corrected chi connectivity index (χ4v) is 3.87. The van der Waals surface area contributed by atoms with E-state index in [-0.39, 0.29) is 5.91 Å². The first-order valence-corrected chi connectivity index (χ1v) is 9.39. The van der Waals surface area contributed by atoms with Crippen LogP contribution in [0.15, 0.2) is 65.8 Å². The number of carbonyl (C=O) groups excluding carboxylic acids is 1. The second-order valence-electron chi connectivity index (χ2n) is 7.15. The van der Waals surface area contributed by atoms with Gasteiger partial charge in [-0.1, -0.05) is 65.8 Å². The van der Waals surface area contributed by atoms with Crippen molar-refractivity contribution in [3.63, 3.8) is 0 Å². The highest BCUT2D eigenvalue weighted by Crippen LogP contribution is 2.28. The molecule has 0 unspecified atom stereocenters. The first-order valence-electron chi connectivity index (χ1n) is 9.39. The summed E-state index contributed by atoms with van der Waals surface area (Å²) in [6, 6.07) is 20.7. The Balaban J connectivity index is 1.35. The van der Waals surface area contributed by atoms with Crippen LogP contribution in [-0.2, 0) is 16.1 Å². The summed E-state index contributed by atoms with van der Waals surface area (Å²) >= 11 is 0. The van der Waals surface area contributed by atoms with E-state index in [1.54, 1.807) is 0 Å². The van der Waals surface area contributed by atoms with Crippen LogP contribution in [0.1, 0.15) is 36.3 Å². The third kappa shape index (κ3) is 3.79. The minimum Gasteiger partial charge on any atom is -0.382 e. The van der Waals surface area contributed by atoms with Crippen molar-refractivity contribution in [2.75, 3.05) is 13.1 Å². The number of oxime groups is 1. The Labute approximate surface area is 154 Å². The second-order valence-corrected chi connectivity index (χ2v) is 7.15. The van der Waals surface area contributed by atoms with Crippen LogP contribution in [0, 0.1) is 0 Å². The number of hydrogen-bond acceptors (Lipinski definition) is 3. The predicted molar refractivity (Wildman–Crippen MR) is 102 cm³/mol. The van der Waals surface area contributed by atoms with Crippen molar-refractivity contribution in [3.8, 4) is 0 Å². The van der Waals surface area contributed by atoms with Gasteiger partial charge in [-0.3, -0.25) is 4.79 Å². The van der Waals surface area contributed by atoms with Gasteiger partial charge in [0.25, 0.3) is 5.91 Å². The Hall–Kier alpha value is -2.62. The summed E-state index contributed by atoms with van der Waals surface area (Å²) < 4.78 is 0. The number of piperidine rings is 1. The Bertz CT molecular complexity index is 773. The van der Waals surface area contributed by atoms with E-state index in [2.05, 4.69) is 41.6 Å². The monoisotopic (exact) mass is 348 g/mol. The van der Waals surface area contributed by atoms with E-state index in [0.717, 1.165) is 38.1 Å². The lowest BCUT2D eigenvalue weighted by Gasteiger charge is -2.34. The zero-order valence-corrected chi connectivity index (χ0v) is 14.9. The van der Waals surface area contributed by atoms with Crippen molar-refractivity contribution in [2.45, 2.75) is 37.7 Å². The van der Waals surface area contributed by atoms with Crippen LogP contribution in [0.2, 0.25) is 0 Å². The molecule has 2 aliphatic rings. The SMILES string of the molecule is O=C([C@@H]1CC(Cc2ccccc2)=NO1)N1CCC[C@H](c2ccccc2)C1. The van der Waals surface area contributed by atoms with Crippen molar-refractivity contribution in [1.29, 1.82) is 0 Å². The fraction of sp³-hybridized carbons (Fsp3) is 0.364. The molecule has 4 nitrogen and oxygen atoms in total. The Morgan fingerprint density at radius 1 is 1.08 bits per heavy atom. The summed E-state index contributed by atoms with van der Waals surface area (Å²) in [5, 5.41) is 4.17. The maximum absolute atomic E-state index is 12.9. The van der Waals surface area contributed by atoms with Crippen molar-refractivity contribution in [3.05, 3.63) is 71.8 Å². The van der Waals surface area contributed by atoms with Crippen LogP contribution in [-0.4, -0.2) is 35.7 Å². The lowest BCUT2D eigenvalue weighted by molar-refractivity contribution is -0.143. The van der Waals surface area contributed by atoms with Crippen molar-refractivity contribution >= 4 is 11.6 Å². The highest BCUT2D eigenvalue weighted by atomic mass is 16.6. The van der Waals surface area contributed by atoms with Gasteiger partial charge in [-0.2, -0.15) is 0 Å². The molecule has 1 amide bonds. The molecule has 2 atom stereocenters. The molecule has 0 spiro atoms. The largest absolute Gasteiger partial charge is 0.382 e. The molecular weight excluding hydrogens is 324 g/mol. The molecule has 134 valence electrons. The van der Waals surface area contributed by atoms with Crippen molar-refractivity contribution in [1.82, 2.24) is 4.90 Å². The first-order chi connectivity index (χ1) is 12.8. The Morgan fingerprint density at radius 3 is 2.58 bits per heavy atom. The molecule has 2 aromatic rings. The second kappa shape index (κ2) is 7.73. The van der Waals surface area contributed by atoms with Gasteiger partial charge < -0.3 is 9.74 Å². The van der Waals surface area contributed by atoms with Gasteiger partial charge in [0, 0.05) is 31.8 Å². The third-order valence-electron chi connectivity index (χ3n) is 5.26. The first kappa shape index (κ1) is 16.8. The summed E-state index contributed by atoms with van der Waals surface area (Å²) in [6.07, 6.45) is 3.06.